The molecular formula is C16H21FN2O2. The zero-order valence-corrected chi connectivity index (χ0v) is 12.3. The van der Waals surface area contributed by atoms with Gasteiger partial charge in [-0.2, -0.15) is 0 Å². The van der Waals surface area contributed by atoms with Crippen molar-refractivity contribution in [2.24, 2.45) is 0 Å². The van der Waals surface area contributed by atoms with Crippen molar-refractivity contribution in [2.45, 2.75) is 37.8 Å². The van der Waals surface area contributed by atoms with E-state index in [4.69, 9.17) is 4.74 Å². The molecule has 2 unspecified atom stereocenters. The SMILES string of the molecule is COC(=O)c1cc(F)ccc1NC1CCN2CCCC2C1. The second kappa shape index (κ2) is 6.02. The van der Waals surface area contributed by atoms with Crippen molar-refractivity contribution in [3.05, 3.63) is 29.6 Å². The van der Waals surface area contributed by atoms with Crippen molar-refractivity contribution < 1.29 is 13.9 Å². The van der Waals surface area contributed by atoms with Crippen LogP contribution in [0.4, 0.5) is 10.1 Å². The lowest BCUT2D eigenvalue weighted by molar-refractivity contribution is 0.0601. The molecule has 0 saturated carbocycles. The summed E-state index contributed by atoms with van der Waals surface area (Å²) in [6, 6.07) is 5.22. The molecule has 1 aromatic rings. The highest BCUT2D eigenvalue weighted by molar-refractivity contribution is 5.95. The third-order valence-corrected chi connectivity index (χ3v) is 4.57. The summed E-state index contributed by atoms with van der Waals surface area (Å²) in [6.45, 7) is 2.30. The first kappa shape index (κ1) is 14.3. The number of benzene rings is 1. The monoisotopic (exact) mass is 292 g/mol. The van der Waals surface area contributed by atoms with Crippen molar-refractivity contribution >= 4 is 11.7 Å². The number of rotatable bonds is 3. The molecule has 2 aliphatic rings. The second-order valence-corrected chi connectivity index (χ2v) is 5.88. The van der Waals surface area contributed by atoms with E-state index in [1.165, 1.54) is 38.6 Å². The van der Waals surface area contributed by atoms with E-state index in [1.807, 2.05) is 0 Å². The van der Waals surface area contributed by atoms with Crippen LogP contribution in [0.3, 0.4) is 0 Å². The van der Waals surface area contributed by atoms with Crippen LogP contribution < -0.4 is 5.32 Å². The van der Waals surface area contributed by atoms with Gasteiger partial charge in [0.05, 0.1) is 12.7 Å². The van der Waals surface area contributed by atoms with Crippen LogP contribution in [0.5, 0.6) is 0 Å². The summed E-state index contributed by atoms with van der Waals surface area (Å²) in [5, 5.41) is 3.41. The minimum absolute atomic E-state index is 0.270. The maximum atomic E-state index is 13.4. The Labute approximate surface area is 124 Å². The highest BCUT2D eigenvalue weighted by Crippen LogP contribution is 2.29. The number of piperidine rings is 1. The van der Waals surface area contributed by atoms with Crippen molar-refractivity contribution in [1.29, 1.82) is 0 Å². The molecule has 0 aliphatic carbocycles. The van der Waals surface area contributed by atoms with E-state index in [2.05, 4.69) is 10.2 Å². The lowest BCUT2D eigenvalue weighted by Crippen LogP contribution is -2.42. The maximum absolute atomic E-state index is 13.4. The lowest BCUT2D eigenvalue weighted by atomic mass is 9.97. The van der Waals surface area contributed by atoms with Gasteiger partial charge in [-0.15, -0.1) is 0 Å². The third kappa shape index (κ3) is 3.02. The molecule has 0 spiro atoms. The Balaban J connectivity index is 1.74. The lowest BCUT2D eigenvalue weighted by Gasteiger charge is -2.35. The average molecular weight is 292 g/mol. The summed E-state index contributed by atoms with van der Waals surface area (Å²) in [5.74, 6) is -0.929. The number of fused-ring (bicyclic) bond motifs is 1. The van der Waals surface area contributed by atoms with Crippen LogP contribution in [-0.2, 0) is 4.74 Å². The van der Waals surface area contributed by atoms with Crippen molar-refractivity contribution in [2.75, 3.05) is 25.5 Å². The second-order valence-electron chi connectivity index (χ2n) is 5.88. The molecular weight excluding hydrogens is 271 g/mol. The standard InChI is InChI=1S/C16H21FN2O2/c1-21-16(20)14-9-11(17)4-5-15(14)18-12-6-8-19-7-2-3-13(19)10-12/h4-5,9,12-13,18H,2-3,6-8,10H2,1H3. The first-order chi connectivity index (χ1) is 10.2. The molecule has 2 heterocycles. The molecule has 4 nitrogen and oxygen atoms in total. The van der Waals surface area contributed by atoms with E-state index in [1.54, 1.807) is 6.07 Å². The largest absolute Gasteiger partial charge is 0.465 e. The maximum Gasteiger partial charge on any atom is 0.340 e. The fraction of sp³-hybridized carbons (Fsp3) is 0.562. The molecule has 2 aliphatic heterocycles. The molecule has 21 heavy (non-hydrogen) atoms. The van der Waals surface area contributed by atoms with Gasteiger partial charge in [-0.05, 0) is 50.4 Å². The van der Waals surface area contributed by atoms with Crippen molar-refractivity contribution in [1.82, 2.24) is 4.90 Å². The number of halogens is 1. The Morgan fingerprint density at radius 2 is 2.24 bits per heavy atom. The molecule has 0 aromatic heterocycles. The number of nitrogens with zero attached hydrogens (tertiary/aromatic N) is 1. The smallest absolute Gasteiger partial charge is 0.340 e. The average Bonchev–Trinajstić information content (AvgIpc) is 2.96. The third-order valence-electron chi connectivity index (χ3n) is 4.57. The molecule has 2 atom stereocenters. The normalized spacial score (nSPS) is 25.4. The van der Waals surface area contributed by atoms with Gasteiger partial charge in [-0.25, -0.2) is 9.18 Å². The predicted molar refractivity (Wildman–Crippen MR) is 79.0 cm³/mol. The summed E-state index contributed by atoms with van der Waals surface area (Å²) in [5.41, 5.74) is 0.936. The molecule has 2 saturated heterocycles. The Bertz CT molecular complexity index is 535. The molecule has 1 aromatic carbocycles. The van der Waals surface area contributed by atoms with Gasteiger partial charge in [0.25, 0.3) is 0 Å². The minimum Gasteiger partial charge on any atom is -0.465 e. The van der Waals surface area contributed by atoms with E-state index in [9.17, 15) is 9.18 Å². The van der Waals surface area contributed by atoms with Gasteiger partial charge in [-0.3, -0.25) is 0 Å². The molecule has 0 amide bonds. The Morgan fingerprint density at radius 3 is 3.05 bits per heavy atom. The molecule has 5 heteroatoms. The Hall–Kier alpha value is -1.62. The number of hydrogen-bond donors (Lipinski definition) is 1. The van der Waals surface area contributed by atoms with E-state index in [-0.39, 0.29) is 5.56 Å². The minimum atomic E-state index is -0.504. The fourth-order valence-corrected chi connectivity index (χ4v) is 3.50. The van der Waals surface area contributed by atoms with Gasteiger partial charge in [0.1, 0.15) is 5.82 Å². The zero-order valence-electron chi connectivity index (χ0n) is 12.3. The van der Waals surface area contributed by atoms with E-state index >= 15 is 0 Å². The number of carbonyl (C=O) groups is 1. The topological polar surface area (TPSA) is 41.6 Å². The van der Waals surface area contributed by atoms with Crippen LogP contribution in [0.2, 0.25) is 0 Å². The highest BCUT2D eigenvalue weighted by Gasteiger charge is 2.32. The summed E-state index contributed by atoms with van der Waals surface area (Å²) in [6.07, 6.45) is 4.67. The molecule has 3 rings (SSSR count). The summed E-state index contributed by atoms with van der Waals surface area (Å²) >= 11 is 0. The van der Waals surface area contributed by atoms with Gasteiger partial charge < -0.3 is 15.0 Å². The predicted octanol–water partition coefficient (Wildman–Crippen LogP) is 2.65. The van der Waals surface area contributed by atoms with E-state index < -0.39 is 11.8 Å². The van der Waals surface area contributed by atoms with E-state index in [0.717, 1.165) is 19.4 Å². The van der Waals surface area contributed by atoms with Gasteiger partial charge in [-0.1, -0.05) is 0 Å². The first-order valence-corrected chi connectivity index (χ1v) is 7.56. The number of hydrogen-bond acceptors (Lipinski definition) is 4. The number of esters is 1. The van der Waals surface area contributed by atoms with Crippen LogP contribution in [0.15, 0.2) is 18.2 Å². The number of methoxy groups -OCH3 is 1. The number of anilines is 1. The number of ether oxygens (including phenoxy) is 1. The fourth-order valence-electron chi connectivity index (χ4n) is 3.50. The molecule has 0 bridgehead atoms. The molecule has 2 fully saturated rings. The molecule has 1 N–H and O–H groups in total. The summed E-state index contributed by atoms with van der Waals surface area (Å²) < 4.78 is 18.1. The van der Waals surface area contributed by atoms with Crippen LogP contribution in [0, 0.1) is 5.82 Å². The number of nitrogens with one attached hydrogen (secondary N) is 1. The Kier molecular flexibility index (Phi) is 4.10. The number of carbonyl (C=O) groups excluding carboxylic acids is 1. The molecule has 0 radical (unpaired) electrons. The summed E-state index contributed by atoms with van der Waals surface area (Å²) in [4.78, 5) is 14.3. The van der Waals surface area contributed by atoms with Crippen molar-refractivity contribution in [3.63, 3.8) is 0 Å². The first-order valence-electron chi connectivity index (χ1n) is 7.56. The van der Waals surface area contributed by atoms with Gasteiger partial charge in [0.2, 0.25) is 0 Å². The van der Waals surface area contributed by atoms with Gasteiger partial charge in [0, 0.05) is 24.3 Å². The quantitative estimate of drug-likeness (QED) is 0.870. The van der Waals surface area contributed by atoms with Crippen LogP contribution in [-0.4, -0.2) is 43.2 Å². The van der Waals surface area contributed by atoms with Gasteiger partial charge in [0.15, 0.2) is 0 Å². The van der Waals surface area contributed by atoms with Gasteiger partial charge >= 0.3 is 5.97 Å². The van der Waals surface area contributed by atoms with E-state index in [0.29, 0.717) is 17.8 Å². The summed E-state index contributed by atoms with van der Waals surface area (Å²) in [7, 11) is 1.31. The molecule has 114 valence electrons. The van der Waals surface area contributed by atoms with Crippen LogP contribution in [0.1, 0.15) is 36.0 Å². The van der Waals surface area contributed by atoms with Crippen molar-refractivity contribution in [3.8, 4) is 0 Å². The van der Waals surface area contributed by atoms with Crippen LogP contribution in [0.25, 0.3) is 0 Å². The Morgan fingerprint density at radius 1 is 1.38 bits per heavy atom. The zero-order chi connectivity index (χ0) is 14.8. The highest BCUT2D eigenvalue weighted by atomic mass is 19.1. The van der Waals surface area contributed by atoms with Crippen LogP contribution >= 0.6 is 0 Å².